The van der Waals surface area contributed by atoms with Gasteiger partial charge in [0.05, 0.1) is 11.3 Å². The molecule has 2 N–H and O–H groups in total. The van der Waals surface area contributed by atoms with Crippen LogP contribution in [0.4, 0.5) is 14.9 Å². The summed E-state index contributed by atoms with van der Waals surface area (Å²) in [5, 5.41) is 11.4. The van der Waals surface area contributed by atoms with Crippen LogP contribution < -0.4 is 5.32 Å². The van der Waals surface area contributed by atoms with Gasteiger partial charge in [-0.2, -0.15) is 0 Å². The predicted molar refractivity (Wildman–Crippen MR) is 74.4 cm³/mol. The average Bonchev–Trinajstić information content (AvgIpc) is 2.35. The van der Waals surface area contributed by atoms with Crippen LogP contribution in [0.25, 0.3) is 0 Å². The Bertz CT molecular complexity index is 543. The Morgan fingerprint density at radius 3 is 2.60 bits per heavy atom. The average molecular weight is 280 g/mol. The topological polar surface area (TPSA) is 69.6 Å². The second-order valence-corrected chi connectivity index (χ2v) is 4.40. The second-order valence-electron chi connectivity index (χ2n) is 4.40. The molecule has 0 bridgehead atoms. The fourth-order valence-corrected chi connectivity index (χ4v) is 1.65. The Balaban J connectivity index is 2.96. The molecular formula is C14H17FN2O3. The van der Waals surface area contributed by atoms with E-state index >= 15 is 0 Å². The van der Waals surface area contributed by atoms with E-state index in [1.165, 1.54) is 4.90 Å². The molecule has 0 unspecified atom stereocenters. The molecule has 1 aromatic rings. The van der Waals surface area contributed by atoms with Gasteiger partial charge in [-0.3, -0.25) is 0 Å². The normalized spacial score (nSPS) is 9.95. The maximum Gasteiger partial charge on any atom is 0.337 e. The Labute approximate surface area is 116 Å². The molecule has 0 saturated heterocycles. The Morgan fingerprint density at radius 1 is 1.45 bits per heavy atom. The summed E-state index contributed by atoms with van der Waals surface area (Å²) >= 11 is 0. The fraction of sp³-hybridized carbons (Fsp3) is 0.286. The number of hydrogen-bond acceptors (Lipinski definition) is 2. The molecule has 5 nitrogen and oxygen atoms in total. The number of hydrogen-bond donors (Lipinski definition) is 2. The minimum absolute atomic E-state index is 0.0670. The van der Waals surface area contributed by atoms with Crippen molar-refractivity contribution in [3.63, 3.8) is 0 Å². The smallest absolute Gasteiger partial charge is 0.337 e. The van der Waals surface area contributed by atoms with Gasteiger partial charge in [0, 0.05) is 13.1 Å². The molecule has 108 valence electrons. The maximum atomic E-state index is 13.2. The number of nitrogens with zero attached hydrogens (tertiary/aromatic N) is 1. The number of carbonyl (C=O) groups excluding carboxylic acids is 1. The van der Waals surface area contributed by atoms with Crippen molar-refractivity contribution in [3.8, 4) is 0 Å². The van der Waals surface area contributed by atoms with Crippen LogP contribution in [0.3, 0.4) is 0 Å². The molecule has 0 aliphatic heterocycles. The van der Waals surface area contributed by atoms with Gasteiger partial charge in [-0.15, -0.1) is 0 Å². The summed E-state index contributed by atoms with van der Waals surface area (Å²) in [6.45, 7) is 8.05. The van der Waals surface area contributed by atoms with Crippen LogP contribution in [0.15, 0.2) is 30.4 Å². The fourth-order valence-electron chi connectivity index (χ4n) is 1.65. The highest BCUT2D eigenvalue weighted by atomic mass is 19.1. The van der Waals surface area contributed by atoms with Crippen LogP contribution >= 0.6 is 0 Å². The van der Waals surface area contributed by atoms with Gasteiger partial charge in [-0.05, 0) is 32.0 Å². The number of nitrogens with one attached hydrogen (secondary N) is 1. The lowest BCUT2D eigenvalue weighted by molar-refractivity contribution is 0.0698. The van der Waals surface area contributed by atoms with Gasteiger partial charge in [-0.25, -0.2) is 14.0 Å². The molecule has 6 heteroatoms. The molecule has 2 amide bonds. The predicted octanol–water partition coefficient (Wildman–Crippen LogP) is 2.95. The van der Waals surface area contributed by atoms with Crippen molar-refractivity contribution in [2.75, 3.05) is 18.4 Å². The van der Waals surface area contributed by atoms with Crippen molar-refractivity contribution in [3.05, 3.63) is 41.7 Å². The van der Waals surface area contributed by atoms with Crippen molar-refractivity contribution in [2.24, 2.45) is 0 Å². The molecule has 0 aromatic heterocycles. The van der Waals surface area contributed by atoms with Gasteiger partial charge < -0.3 is 15.3 Å². The molecule has 0 radical (unpaired) electrons. The molecule has 0 aliphatic rings. The molecule has 0 heterocycles. The van der Waals surface area contributed by atoms with Crippen molar-refractivity contribution in [1.82, 2.24) is 4.90 Å². The van der Waals surface area contributed by atoms with E-state index in [2.05, 4.69) is 11.9 Å². The van der Waals surface area contributed by atoms with Gasteiger partial charge in [-0.1, -0.05) is 12.2 Å². The van der Waals surface area contributed by atoms with E-state index < -0.39 is 17.8 Å². The number of amides is 2. The number of carboxylic acids is 1. The Kier molecular flexibility index (Phi) is 5.25. The van der Waals surface area contributed by atoms with Crippen LogP contribution in [-0.4, -0.2) is 35.1 Å². The number of benzene rings is 1. The third-order valence-corrected chi connectivity index (χ3v) is 2.58. The quantitative estimate of drug-likeness (QED) is 0.815. The van der Waals surface area contributed by atoms with Crippen LogP contribution in [0.1, 0.15) is 24.2 Å². The molecular weight excluding hydrogens is 263 g/mol. The first-order chi connectivity index (χ1) is 9.35. The van der Waals surface area contributed by atoms with Crippen molar-refractivity contribution in [2.45, 2.75) is 13.8 Å². The number of likely N-dealkylation sites (N-methyl/N-ethyl adjacent to an activating group) is 1. The summed E-state index contributed by atoms with van der Waals surface area (Å²) in [7, 11) is 0. The standard InChI is InChI=1S/C14H17FN2O3/c1-4-17(8-9(2)3)14(20)16-12-7-10(15)5-6-11(12)13(18)19/h5-7H,2,4,8H2,1,3H3,(H,16,20)(H,18,19). The maximum absolute atomic E-state index is 13.2. The summed E-state index contributed by atoms with van der Waals surface area (Å²) in [6, 6.07) is 2.63. The molecule has 1 rings (SSSR count). The Hall–Kier alpha value is -2.37. The van der Waals surface area contributed by atoms with Crippen LogP contribution in [0.5, 0.6) is 0 Å². The molecule has 0 fully saturated rings. The number of halogens is 1. The molecule has 20 heavy (non-hydrogen) atoms. The SMILES string of the molecule is C=C(C)CN(CC)C(=O)Nc1cc(F)ccc1C(=O)O. The number of carboxylic acid groups (broad SMARTS) is 1. The molecule has 0 spiro atoms. The van der Waals surface area contributed by atoms with E-state index in [9.17, 15) is 14.0 Å². The summed E-state index contributed by atoms with van der Waals surface area (Å²) in [5.41, 5.74) is 0.563. The molecule has 1 aromatic carbocycles. The summed E-state index contributed by atoms with van der Waals surface area (Å²) in [4.78, 5) is 24.5. The van der Waals surface area contributed by atoms with Crippen LogP contribution in [0, 0.1) is 5.82 Å². The van der Waals surface area contributed by atoms with Gasteiger partial charge in [0.25, 0.3) is 0 Å². The number of aromatic carboxylic acids is 1. The van der Waals surface area contributed by atoms with E-state index in [1.807, 2.05) is 0 Å². The third kappa shape index (κ3) is 4.08. The highest BCUT2D eigenvalue weighted by Crippen LogP contribution is 2.18. The largest absolute Gasteiger partial charge is 0.478 e. The third-order valence-electron chi connectivity index (χ3n) is 2.58. The lowest BCUT2D eigenvalue weighted by Gasteiger charge is -2.22. The van der Waals surface area contributed by atoms with E-state index in [0.29, 0.717) is 13.1 Å². The van der Waals surface area contributed by atoms with Crippen molar-refractivity contribution in [1.29, 1.82) is 0 Å². The van der Waals surface area contributed by atoms with Gasteiger partial charge >= 0.3 is 12.0 Å². The van der Waals surface area contributed by atoms with E-state index in [1.54, 1.807) is 13.8 Å². The summed E-state index contributed by atoms with van der Waals surface area (Å²) in [5.74, 6) is -1.85. The number of urea groups is 1. The van der Waals surface area contributed by atoms with E-state index in [0.717, 1.165) is 23.8 Å². The monoisotopic (exact) mass is 280 g/mol. The first-order valence-corrected chi connectivity index (χ1v) is 6.08. The first-order valence-electron chi connectivity index (χ1n) is 6.08. The van der Waals surface area contributed by atoms with Crippen LogP contribution in [0.2, 0.25) is 0 Å². The summed E-state index contributed by atoms with van der Waals surface area (Å²) in [6.07, 6.45) is 0. The second kappa shape index (κ2) is 6.70. The molecule has 0 saturated carbocycles. The Morgan fingerprint density at radius 2 is 2.10 bits per heavy atom. The highest BCUT2D eigenvalue weighted by molar-refractivity contribution is 6.00. The highest BCUT2D eigenvalue weighted by Gasteiger charge is 2.16. The number of anilines is 1. The zero-order valence-corrected chi connectivity index (χ0v) is 11.4. The number of rotatable bonds is 5. The lowest BCUT2D eigenvalue weighted by atomic mass is 10.1. The van der Waals surface area contributed by atoms with Crippen LogP contribution in [-0.2, 0) is 0 Å². The zero-order valence-electron chi connectivity index (χ0n) is 11.4. The van der Waals surface area contributed by atoms with Gasteiger partial charge in [0.2, 0.25) is 0 Å². The van der Waals surface area contributed by atoms with Crippen molar-refractivity contribution < 1.29 is 19.1 Å². The van der Waals surface area contributed by atoms with Crippen molar-refractivity contribution >= 4 is 17.7 Å². The lowest BCUT2D eigenvalue weighted by Crippen LogP contribution is -2.36. The van der Waals surface area contributed by atoms with Gasteiger partial charge in [0.1, 0.15) is 5.82 Å². The number of carbonyl (C=O) groups is 2. The summed E-state index contributed by atoms with van der Waals surface area (Å²) < 4.78 is 13.2. The molecule has 0 atom stereocenters. The molecule has 0 aliphatic carbocycles. The minimum atomic E-state index is -1.23. The minimum Gasteiger partial charge on any atom is -0.478 e. The zero-order chi connectivity index (χ0) is 15.3. The van der Waals surface area contributed by atoms with Gasteiger partial charge in [0.15, 0.2) is 0 Å². The van der Waals surface area contributed by atoms with E-state index in [-0.39, 0.29) is 11.3 Å². The first kappa shape index (κ1) is 15.7. The van der Waals surface area contributed by atoms with E-state index in [4.69, 9.17) is 5.11 Å².